The molecule has 1 atom stereocenters. The van der Waals surface area contributed by atoms with Crippen molar-refractivity contribution in [2.45, 2.75) is 24.3 Å². The van der Waals surface area contributed by atoms with Gasteiger partial charge in [-0.25, -0.2) is 17.6 Å². The summed E-state index contributed by atoms with van der Waals surface area (Å²) >= 11 is 0. The largest absolute Gasteiger partial charge is 0.463 e. The van der Waals surface area contributed by atoms with E-state index in [1.807, 2.05) is 13.0 Å². The first-order chi connectivity index (χ1) is 19.2. The number of rotatable bonds is 8. The zero-order valence-corrected chi connectivity index (χ0v) is 22.2. The average Bonchev–Trinajstić information content (AvgIpc) is 2.94. The molecule has 0 saturated carbocycles. The minimum Gasteiger partial charge on any atom is -0.463 e. The van der Waals surface area contributed by atoms with E-state index in [0.29, 0.717) is 5.56 Å². The number of sulfonamides is 1. The van der Waals surface area contributed by atoms with Gasteiger partial charge < -0.3 is 9.15 Å². The molecule has 0 amide bonds. The van der Waals surface area contributed by atoms with E-state index in [1.54, 1.807) is 36.4 Å². The third-order valence-electron chi connectivity index (χ3n) is 6.32. The second-order valence-corrected chi connectivity index (χ2v) is 11.0. The van der Waals surface area contributed by atoms with E-state index in [4.69, 9.17) is 9.15 Å². The van der Waals surface area contributed by atoms with Crippen LogP contribution in [0.25, 0.3) is 22.1 Å². The van der Waals surface area contributed by atoms with Gasteiger partial charge >= 0.3 is 5.97 Å². The molecule has 1 aromatic heterocycles. The molecule has 0 spiro atoms. The fourth-order valence-corrected chi connectivity index (χ4v) is 5.37. The summed E-state index contributed by atoms with van der Waals surface area (Å²) in [6, 6.07) is 23.7. The van der Waals surface area contributed by atoms with Gasteiger partial charge in [0.2, 0.25) is 10.0 Å². The topological polar surface area (TPSA) is 103 Å². The molecule has 0 radical (unpaired) electrons. The smallest absolute Gasteiger partial charge is 0.329 e. The second-order valence-electron chi connectivity index (χ2n) is 9.24. The predicted molar refractivity (Wildman–Crippen MR) is 149 cm³/mol. The lowest BCUT2D eigenvalue weighted by atomic mass is 10.1. The number of esters is 1. The molecule has 7 nitrogen and oxygen atoms in total. The number of aryl methyl sites for hydroxylation is 1. The molecule has 0 fully saturated rings. The summed E-state index contributed by atoms with van der Waals surface area (Å²) < 4.78 is 53.1. The summed E-state index contributed by atoms with van der Waals surface area (Å²) in [7, 11) is -4.04. The van der Waals surface area contributed by atoms with Gasteiger partial charge in [0.1, 0.15) is 29.5 Å². The molecule has 0 aliphatic carbocycles. The van der Waals surface area contributed by atoms with Crippen LogP contribution in [-0.2, 0) is 21.2 Å². The number of carbonyl (C=O) groups is 1. The standard InChI is InChI=1S/C31H24FNO6S/c1-20-7-14-25(15-8-20)40(36,37)33-28(17-21-5-3-2-4-6-21)31(35)39-24-13-16-26-29(18-24)38-19-27(30(26)34)22-9-11-23(32)12-10-22/h2-16,18-19,28,33H,17H2,1H3. The number of ether oxygens (including phenoxy) is 1. The predicted octanol–water partition coefficient (Wildman–Crippen LogP) is 5.40. The van der Waals surface area contributed by atoms with Gasteiger partial charge in [0.15, 0.2) is 5.43 Å². The molecule has 5 aromatic rings. The Morgan fingerprint density at radius 1 is 0.950 bits per heavy atom. The third-order valence-corrected chi connectivity index (χ3v) is 7.80. The lowest BCUT2D eigenvalue weighted by Gasteiger charge is -2.18. The van der Waals surface area contributed by atoms with Gasteiger partial charge in [0, 0.05) is 6.07 Å². The van der Waals surface area contributed by atoms with Gasteiger partial charge in [-0.1, -0.05) is 60.2 Å². The Bertz CT molecular complexity index is 1830. The maximum Gasteiger partial charge on any atom is 0.329 e. The van der Waals surface area contributed by atoms with Crippen molar-refractivity contribution in [2.75, 3.05) is 0 Å². The van der Waals surface area contributed by atoms with Crippen LogP contribution >= 0.6 is 0 Å². The van der Waals surface area contributed by atoms with Crippen LogP contribution in [0.2, 0.25) is 0 Å². The number of carbonyl (C=O) groups excluding carboxylic acids is 1. The fourth-order valence-electron chi connectivity index (χ4n) is 4.18. The van der Waals surface area contributed by atoms with Gasteiger partial charge in [-0.15, -0.1) is 0 Å². The van der Waals surface area contributed by atoms with Crippen molar-refractivity contribution >= 4 is 27.0 Å². The Labute approximate surface area is 229 Å². The van der Waals surface area contributed by atoms with Crippen LogP contribution in [0.4, 0.5) is 4.39 Å². The fraction of sp³-hybridized carbons (Fsp3) is 0.0968. The highest BCUT2D eigenvalue weighted by Gasteiger charge is 2.28. The zero-order valence-electron chi connectivity index (χ0n) is 21.3. The minimum absolute atomic E-state index is 0.0217. The first-order valence-electron chi connectivity index (χ1n) is 12.4. The molecule has 0 aliphatic rings. The van der Waals surface area contributed by atoms with Crippen molar-refractivity contribution < 1.29 is 26.8 Å². The van der Waals surface area contributed by atoms with E-state index in [2.05, 4.69) is 4.72 Å². The van der Waals surface area contributed by atoms with Crippen molar-refractivity contribution in [2.24, 2.45) is 0 Å². The lowest BCUT2D eigenvalue weighted by molar-refractivity contribution is -0.136. The molecule has 4 aromatic carbocycles. The highest BCUT2D eigenvalue weighted by Crippen LogP contribution is 2.24. The molecule has 0 bridgehead atoms. The van der Waals surface area contributed by atoms with E-state index in [1.165, 1.54) is 60.9 Å². The minimum atomic E-state index is -4.04. The van der Waals surface area contributed by atoms with E-state index in [0.717, 1.165) is 11.1 Å². The molecular formula is C31H24FNO6S. The molecule has 0 aliphatic heterocycles. The van der Waals surface area contributed by atoms with E-state index in [-0.39, 0.29) is 39.0 Å². The van der Waals surface area contributed by atoms with E-state index >= 15 is 0 Å². The van der Waals surface area contributed by atoms with Gasteiger partial charge in [0.25, 0.3) is 0 Å². The molecule has 5 rings (SSSR count). The quantitative estimate of drug-likeness (QED) is 0.202. The summed E-state index contributed by atoms with van der Waals surface area (Å²) in [5, 5.41) is 0.238. The summed E-state index contributed by atoms with van der Waals surface area (Å²) in [4.78, 5) is 26.3. The summed E-state index contributed by atoms with van der Waals surface area (Å²) in [6.07, 6.45) is 1.31. The Hall–Kier alpha value is -4.60. The Morgan fingerprint density at radius 2 is 1.65 bits per heavy atom. The van der Waals surface area contributed by atoms with Gasteiger partial charge in [-0.2, -0.15) is 4.72 Å². The molecule has 1 unspecified atom stereocenters. The van der Waals surface area contributed by atoms with Crippen LogP contribution in [0.1, 0.15) is 11.1 Å². The molecule has 1 heterocycles. The van der Waals surface area contributed by atoms with Gasteiger partial charge in [-0.3, -0.25) is 4.79 Å². The van der Waals surface area contributed by atoms with Crippen LogP contribution in [0.15, 0.2) is 117 Å². The SMILES string of the molecule is Cc1ccc(S(=O)(=O)NC(Cc2ccccc2)C(=O)Oc2ccc3c(=O)c(-c4ccc(F)cc4)coc3c2)cc1. The zero-order chi connectivity index (χ0) is 28.3. The van der Waals surface area contributed by atoms with Crippen LogP contribution in [-0.4, -0.2) is 20.4 Å². The van der Waals surface area contributed by atoms with Gasteiger partial charge in [-0.05, 0) is 60.9 Å². The van der Waals surface area contributed by atoms with E-state index < -0.39 is 27.9 Å². The van der Waals surface area contributed by atoms with Crippen molar-refractivity contribution in [3.8, 4) is 16.9 Å². The third kappa shape index (κ3) is 6.01. The normalized spacial score (nSPS) is 12.2. The highest BCUT2D eigenvalue weighted by atomic mass is 32.2. The summed E-state index contributed by atoms with van der Waals surface area (Å²) in [6.45, 7) is 1.84. The lowest BCUT2D eigenvalue weighted by Crippen LogP contribution is -2.44. The van der Waals surface area contributed by atoms with Crippen LogP contribution in [0.5, 0.6) is 5.75 Å². The number of nitrogens with one attached hydrogen (secondary N) is 1. The Balaban J connectivity index is 1.42. The summed E-state index contributed by atoms with van der Waals surface area (Å²) in [5.41, 5.74) is 2.21. The Kier molecular flexibility index (Phi) is 7.59. The van der Waals surface area contributed by atoms with Crippen molar-refractivity contribution in [3.63, 3.8) is 0 Å². The maximum absolute atomic E-state index is 13.3. The number of halogens is 1. The van der Waals surface area contributed by atoms with Crippen molar-refractivity contribution in [1.82, 2.24) is 4.72 Å². The first-order valence-corrected chi connectivity index (χ1v) is 13.8. The number of hydrogen-bond acceptors (Lipinski definition) is 6. The molecule has 40 heavy (non-hydrogen) atoms. The maximum atomic E-state index is 13.3. The summed E-state index contributed by atoms with van der Waals surface area (Å²) in [5.74, 6) is -1.18. The van der Waals surface area contributed by atoms with E-state index in [9.17, 15) is 22.4 Å². The molecular weight excluding hydrogens is 533 g/mol. The molecule has 0 saturated heterocycles. The van der Waals surface area contributed by atoms with Crippen LogP contribution in [0.3, 0.4) is 0 Å². The number of hydrogen-bond donors (Lipinski definition) is 1. The van der Waals surface area contributed by atoms with Crippen LogP contribution < -0.4 is 14.9 Å². The molecule has 202 valence electrons. The monoisotopic (exact) mass is 557 g/mol. The number of benzene rings is 4. The second kappa shape index (κ2) is 11.3. The molecule has 9 heteroatoms. The highest BCUT2D eigenvalue weighted by molar-refractivity contribution is 7.89. The van der Waals surface area contributed by atoms with Gasteiger partial charge in [0.05, 0.1) is 15.8 Å². The van der Waals surface area contributed by atoms with Crippen molar-refractivity contribution in [3.05, 3.63) is 130 Å². The van der Waals surface area contributed by atoms with Crippen molar-refractivity contribution in [1.29, 1.82) is 0 Å². The molecule has 1 N–H and O–H groups in total. The first kappa shape index (κ1) is 27.0. The number of fused-ring (bicyclic) bond motifs is 1. The Morgan fingerprint density at radius 3 is 2.35 bits per heavy atom. The average molecular weight is 558 g/mol. The van der Waals surface area contributed by atoms with Crippen LogP contribution in [0, 0.1) is 12.7 Å².